The molecule has 134 valence electrons. The number of piperazine rings is 1. The van der Waals surface area contributed by atoms with E-state index in [0.717, 1.165) is 24.2 Å². The average molecular weight is 365 g/mol. The molecule has 2 unspecified atom stereocenters. The first kappa shape index (κ1) is 16.7. The molecule has 3 heterocycles. The Kier molecular flexibility index (Phi) is 4.56. The normalized spacial score (nSPS) is 25.6. The van der Waals surface area contributed by atoms with Crippen molar-refractivity contribution in [3.8, 4) is 5.75 Å². The fourth-order valence-electron chi connectivity index (χ4n) is 3.68. The van der Waals surface area contributed by atoms with Crippen LogP contribution in [0.1, 0.15) is 18.4 Å². The zero-order valence-corrected chi connectivity index (χ0v) is 14.7. The molecule has 7 heteroatoms. The van der Waals surface area contributed by atoms with E-state index in [0.29, 0.717) is 44.2 Å². The lowest BCUT2D eigenvalue weighted by Crippen LogP contribution is -2.55. The predicted octanol–water partition coefficient (Wildman–Crippen LogP) is 1.49. The van der Waals surface area contributed by atoms with Crippen LogP contribution in [0.5, 0.6) is 5.75 Å². The first-order valence-electron chi connectivity index (χ1n) is 8.76. The Labute approximate surface area is 151 Å². The number of ether oxygens (including phenoxy) is 2. The lowest BCUT2D eigenvalue weighted by atomic mass is 10.1. The quantitative estimate of drug-likeness (QED) is 0.798. The standard InChI is InChI=1S/C18H21ClN2O4/c19-13-3-4-14-12(10-13)11-16(25-14)18(23)21-7-5-20(6-8-21)17(22)15-2-1-9-24-15/h3-4,10,15-16H,1-2,5-9,11H2. The second kappa shape index (κ2) is 6.84. The van der Waals surface area contributed by atoms with Crippen molar-refractivity contribution >= 4 is 23.4 Å². The number of benzene rings is 1. The van der Waals surface area contributed by atoms with Crippen LogP contribution in [0.25, 0.3) is 0 Å². The van der Waals surface area contributed by atoms with E-state index in [-0.39, 0.29) is 17.9 Å². The fraction of sp³-hybridized carbons (Fsp3) is 0.556. The van der Waals surface area contributed by atoms with Crippen LogP contribution in [0.3, 0.4) is 0 Å². The molecule has 0 N–H and O–H groups in total. The van der Waals surface area contributed by atoms with E-state index < -0.39 is 6.10 Å². The molecule has 0 bridgehead atoms. The number of hydrogen-bond donors (Lipinski definition) is 0. The van der Waals surface area contributed by atoms with Gasteiger partial charge in [0.2, 0.25) is 0 Å². The topological polar surface area (TPSA) is 59.1 Å². The van der Waals surface area contributed by atoms with Gasteiger partial charge >= 0.3 is 0 Å². The first-order valence-corrected chi connectivity index (χ1v) is 9.14. The SMILES string of the molecule is O=C(C1CCCO1)N1CCN(C(=O)C2Cc3cc(Cl)ccc3O2)CC1. The van der Waals surface area contributed by atoms with Gasteiger partial charge in [0.15, 0.2) is 6.10 Å². The number of rotatable bonds is 2. The molecule has 3 aliphatic rings. The van der Waals surface area contributed by atoms with E-state index >= 15 is 0 Å². The zero-order chi connectivity index (χ0) is 17.4. The lowest BCUT2D eigenvalue weighted by Gasteiger charge is -2.36. The van der Waals surface area contributed by atoms with Crippen molar-refractivity contribution in [2.75, 3.05) is 32.8 Å². The molecule has 0 aliphatic carbocycles. The number of fused-ring (bicyclic) bond motifs is 1. The number of amides is 2. The number of carbonyl (C=O) groups excluding carboxylic acids is 2. The van der Waals surface area contributed by atoms with Gasteiger partial charge in [-0.15, -0.1) is 0 Å². The van der Waals surface area contributed by atoms with E-state index in [1.54, 1.807) is 11.0 Å². The van der Waals surface area contributed by atoms with Crippen molar-refractivity contribution in [2.45, 2.75) is 31.5 Å². The largest absolute Gasteiger partial charge is 0.480 e. The summed E-state index contributed by atoms with van der Waals surface area (Å²) in [7, 11) is 0. The highest BCUT2D eigenvalue weighted by molar-refractivity contribution is 6.30. The van der Waals surface area contributed by atoms with Gasteiger partial charge in [-0.2, -0.15) is 0 Å². The van der Waals surface area contributed by atoms with Gasteiger partial charge in [0.05, 0.1) is 0 Å². The summed E-state index contributed by atoms with van der Waals surface area (Å²) in [5.74, 6) is 0.773. The molecule has 1 aromatic rings. The molecule has 2 fully saturated rings. The molecule has 2 atom stereocenters. The molecule has 0 aromatic heterocycles. The van der Waals surface area contributed by atoms with Crippen LogP contribution >= 0.6 is 11.6 Å². The van der Waals surface area contributed by atoms with Crippen LogP contribution in [-0.4, -0.2) is 66.6 Å². The molecule has 0 saturated carbocycles. The van der Waals surface area contributed by atoms with Crippen molar-refractivity contribution < 1.29 is 19.1 Å². The van der Waals surface area contributed by atoms with Gasteiger partial charge in [0, 0.05) is 44.2 Å². The molecule has 3 aliphatic heterocycles. The summed E-state index contributed by atoms with van der Waals surface area (Å²) in [6, 6.07) is 5.42. The second-order valence-corrected chi connectivity index (χ2v) is 7.15. The third-order valence-corrected chi connectivity index (χ3v) is 5.32. The van der Waals surface area contributed by atoms with Gasteiger partial charge in [0.25, 0.3) is 11.8 Å². The predicted molar refractivity (Wildman–Crippen MR) is 91.7 cm³/mol. The molecule has 0 spiro atoms. The average Bonchev–Trinajstić information content (AvgIpc) is 3.30. The summed E-state index contributed by atoms with van der Waals surface area (Å²) in [6.45, 7) is 2.84. The summed E-state index contributed by atoms with van der Waals surface area (Å²) >= 11 is 6.00. The van der Waals surface area contributed by atoms with Crippen LogP contribution in [0.2, 0.25) is 5.02 Å². The van der Waals surface area contributed by atoms with Crippen molar-refractivity contribution in [3.05, 3.63) is 28.8 Å². The smallest absolute Gasteiger partial charge is 0.264 e. The molecule has 2 saturated heterocycles. The Morgan fingerprint density at radius 2 is 1.72 bits per heavy atom. The Bertz CT molecular complexity index is 682. The van der Waals surface area contributed by atoms with Gasteiger partial charge in [-0.1, -0.05) is 11.6 Å². The van der Waals surface area contributed by atoms with Gasteiger partial charge in [-0.25, -0.2) is 0 Å². The summed E-state index contributed by atoms with van der Waals surface area (Å²) in [5.41, 5.74) is 0.970. The number of hydrogen-bond acceptors (Lipinski definition) is 4. The summed E-state index contributed by atoms with van der Waals surface area (Å²) in [4.78, 5) is 28.7. The van der Waals surface area contributed by atoms with Crippen LogP contribution < -0.4 is 4.74 Å². The fourth-order valence-corrected chi connectivity index (χ4v) is 3.88. The molecule has 2 amide bonds. The van der Waals surface area contributed by atoms with Crippen molar-refractivity contribution in [3.63, 3.8) is 0 Å². The van der Waals surface area contributed by atoms with Crippen LogP contribution in [0.4, 0.5) is 0 Å². The van der Waals surface area contributed by atoms with Gasteiger partial charge in [-0.3, -0.25) is 9.59 Å². The minimum absolute atomic E-state index is 0.0171. The van der Waals surface area contributed by atoms with Crippen molar-refractivity contribution in [1.29, 1.82) is 0 Å². The summed E-state index contributed by atoms with van der Waals surface area (Å²) < 4.78 is 11.2. The van der Waals surface area contributed by atoms with E-state index in [9.17, 15) is 9.59 Å². The van der Waals surface area contributed by atoms with Gasteiger partial charge in [0.1, 0.15) is 11.9 Å². The van der Waals surface area contributed by atoms with Crippen LogP contribution in [-0.2, 0) is 20.7 Å². The van der Waals surface area contributed by atoms with E-state index in [4.69, 9.17) is 21.1 Å². The van der Waals surface area contributed by atoms with Crippen LogP contribution in [0, 0.1) is 0 Å². The lowest BCUT2D eigenvalue weighted by molar-refractivity contribution is -0.148. The minimum atomic E-state index is -0.492. The van der Waals surface area contributed by atoms with E-state index in [1.165, 1.54) is 0 Å². The first-order chi connectivity index (χ1) is 12.1. The number of halogens is 1. The Morgan fingerprint density at radius 1 is 1.04 bits per heavy atom. The third kappa shape index (κ3) is 3.33. The number of nitrogens with zero attached hydrogens (tertiary/aromatic N) is 2. The summed E-state index contributed by atoms with van der Waals surface area (Å²) in [5, 5.41) is 0.650. The summed E-state index contributed by atoms with van der Waals surface area (Å²) in [6.07, 6.45) is 1.50. The maximum atomic E-state index is 12.7. The molecule has 0 radical (unpaired) electrons. The minimum Gasteiger partial charge on any atom is -0.480 e. The van der Waals surface area contributed by atoms with E-state index in [1.807, 2.05) is 17.0 Å². The van der Waals surface area contributed by atoms with E-state index in [2.05, 4.69) is 0 Å². The van der Waals surface area contributed by atoms with Gasteiger partial charge < -0.3 is 19.3 Å². The Balaban J connectivity index is 1.32. The molecule has 4 rings (SSSR count). The number of carbonyl (C=O) groups is 2. The van der Waals surface area contributed by atoms with Crippen molar-refractivity contribution in [1.82, 2.24) is 9.80 Å². The van der Waals surface area contributed by atoms with Gasteiger partial charge in [-0.05, 0) is 36.6 Å². The van der Waals surface area contributed by atoms with Crippen LogP contribution in [0.15, 0.2) is 18.2 Å². The Morgan fingerprint density at radius 3 is 2.36 bits per heavy atom. The molecule has 1 aromatic carbocycles. The second-order valence-electron chi connectivity index (χ2n) is 6.71. The molecule has 6 nitrogen and oxygen atoms in total. The molecular weight excluding hydrogens is 344 g/mol. The third-order valence-electron chi connectivity index (χ3n) is 5.08. The van der Waals surface area contributed by atoms with Crippen molar-refractivity contribution in [2.24, 2.45) is 0 Å². The maximum Gasteiger partial charge on any atom is 0.264 e. The Hall–Kier alpha value is -1.79. The monoisotopic (exact) mass is 364 g/mol. The molecular formula is C18H21ClN2O4. The zero-order valence-electron chi connectivity index (χ0n) is 13.9. The molecule has 25 heavy (non-hydrogen) atoms. The highest BCUT2D eigenvalue weighted by atomic mass is 35.5. The highest BCUT2D eigenvalue weighted by Crippen LogP contribution is 2.31. The maximum absolute atomic E-state index is 12.7. The highest BCUT2D eigenvalue weighted by Gasteiger charge is 2.36.